The summed E-state index contributed by atoms with van der Waals surface area (Å²) in [5, 5.41) is 4.50. The van der Waals surface area contributed by atoms with Crippen molar-refractivity contribution >= 4 is 17.4 Å². The molecule has 1 fully saturated rings. The Morgan fingerprint density at radius 2 is 1.91 bits per heavy atom. The molecule has 5 rings (SSSR count). The van der Waals surface area contributed by atoms with E-state index in [0.29, 0.717) is 12.5 Å². The molecule has 0 bridgehead atoms. The third-order valence-electron chi connectivity index (χ3n) is 6.53. The van der Waals surface area contributed by atoms with Crippen LogP contribution in [-0.2, 0) is 17.6 Å². The minimum absolute atomic E-state index is 0.0801. The zero-order valence-electron chi connectivity index (χ0n) is 19.0. The van der Waals surface area contributed by atoms with Gasteiger partial charge in [-0.3, -0.25) is 0 Å². The molecule has 3 aromatic rings. The first-order valence-corrected chi connectivity index (χ1v) is 12.1. The lowest BCUT2D eigenvalue weighted by molar-refractivity contribution is 0.0573. The fraction of sp³-hybridized carbons (Fsp3) is 0.407. The monoisotopic (exact) mass is 447 g/mol. The van der Waals surface area contributed by atoms with Gasteiger partial charge in [-0.05, 0) is 55.9 Å². The Labute approximate surface area is 195 Å². The zero-order chi connectivity index (χ0) is 22.2. The molecule has 5 heteroatoms. The second kappa shape index (κ2) is 8.84. The van der Waals surface area contributed by atoms with Gasteiger partial charge in [0.25, 0.3) is 0 Å². The van der Waals surface area contributed by atoms with E-state index in [-0.39, 0.29) is 12.1 Å². The van der Waals surface area contributed by atoms with Crippen molar-refractivity contribution in [1.82, 2.24) is 9.97 Å². The number of aromatic nitrogens is 2. The molecule has 1 heterocycles. The Bertz CT molecular complexity index is 1140. The molecule has 0 radical (unpaired) electrons. The van der Waals surface area contributed by atoms with Crippen LogP contribution in [0.5, 0.6) is 0 Å². The second-order valence-corrected chi connectivity index (χ2v) is 9.29. The van der Waals surface area contributed by atoms with Gasteiger partial charge in [0.2, 0.25) is 0 Å². The predicted molar refractivity (Wildman–Crippen MR) is 130 cm³/mol. The van der Waals surface area contributed by atoms with Gasteiger partial charge in [-0.1, -0.05) is 54.9 Å². The number of hydrogen-bond donors (Lipinski definition) is 1. The van der Waals surface area contributed by atoms with Crippen LogP contribution >= 0.6 is 11.6 Å². The maximum atomic E-state index is 6.63. The lowest BCUT2D eigenvalue weighted by atomic mass is 10.0. The van der Waals surface area contributed by atoms with Gasteiger partial charge < -0.3 is 10.1 Å². The molecule has 0 amide bonds. The van der Waals surface area contributed by atoms with Gasteiger partial charge in [-0.25, -0.2) is 9.97 Å². The summed E-state index contributed by atoms with van der Waals surface area (Å²) in [6, 6.07) is 14.9. The smallest absolute Gasteiger partial charge is 0.148 e. The molecule has 4 nitrogen and oxygen atoms in total. The van der Waals surface area contributed by atoms with Gasteiger partial charge in [0.15, 0.2) is 0 Å². The highest BCUT2D eigenvalue weighted by Gasteiger charge is 2.36. The van der Waals surface area contributed by atoms with Gasteiger partial charge >= 0.3 is 0 Å². The van der Waals surface area contributed by atoms with Crippen LogP contribution < -0.4 is 5.32 Å². The minimum atomic E-state index is 0.0801. The van der Waals surface area contributed by atoms with Gasteiger partial charge in [-0.2, -0.15) is 0 Å². The average molecular weight is 448 g/mol. The fourth-order valence-corrected chi connectivity index (χ4v) is 5.08. The molecule has 1 aromatic heterocycles. The number of nitrogens with zero attached hydrogens (tertiary/aromatic N) is 2. The summed E-state index contributed by atoms with van der Waals surface area (Å²) in [7, 11) is 0. The van der Waals surface area contributed by atoms with E-state index in [1.54, 1.807) is 0 Å². The maximum Gasteiger partial charge on any atom is 0.148 e. The number of benzene rings is 2. The van der Waals surface area contributed by atoms with Crippen molar-refractivity contribution in [2.45, 2.75) is 64.5 Å². The van der Waals surface area contributed by atoms with Crippen LogP contribution in [-0.4, -0.2) is 22.7 Å². The van der Waals surface area contributed by atoms with E-state index in [1.807, 2.05) is 6.07 Å². The number of nitrogens with one attached hydrogen (secondary N) is 1. The Morgan fingerprint density at radius 3 is 2.62 bits per heavy atom. The molecule has 2 atom stereocenters. The van der Waals surface area contributed by atoms with Crippen LogP contribution in [0.4, 0.5) is 5.82 Å². The number of hydrogen-bond acceptors (Lipinski definition) is 4. The quantitative estimate of drug-likeness (QED) is 0.440. The van der Waals surface area contributed by atoms with Crippen molar-refractivity contribution in [3.63, 3.8) is 0 Å². The highest BCUT2D eigenvalue weighted by molar-refractivity contribution is 6.33. The van der Waals surface area contributed by atoms with E-state index in [4.69, 9.17) is 26.3 Å². The molecule has 2 aliphatic carbocycles. The van der Waals surface area contributed by atoms with E-state index in [9.17, 15) is 0 Å². The molecule has 1 saturated carbocycles. The third-order valence-corrected chi connectivity index (χ3v) is 6.84. The molecular weight excluding hydrogens is 418 g/mol. The van der Waals surface area contributed by atoms with Crippen LogP contribution in [0.2, 0.25) is 5.02 Å². The van der Waals surface area contributed by atoms with Crippen LogP contribution in [0.3, 0.4) is 0 Å². The number of ether oxygens (including phenoxy) is 1. The number of aryl methyl sites for hydroxylation is 2. The molecule has 2 aromatic carbocycles. The largest absolute Gasteiger partial charge is 0.376 e. The van der Waals surface area contributed by atoms with Crippen molar-refractivity contribution in [3.05, 3.63) is 75.6 Å². The molecule has 0 saturated heterocycles. The summed E-state index contributed by atoms with van der Waals surface area (Å²) in [6.07, 6.45) is 4.13. The molecule has 0 aliphatic heterocycles. The molecular formula is C27H30ClN3O. The average Bonchev–Trinajstić information content (AvgIpc) is 3.57. The van der Waals surface area contributed by atoms with Gasteiger partial charge in [0.1, 0.15) is 5.82 Å². The van der Waals surface area contributed by atoms with E-state index >= 15 is 0 Å². The van der Waals surface area contributed by atoms with Crippen LogP contribution in [0, 0.1) is 6.92 Å². The van der Waals surface area contributed by atoms with Gasteiger partial charge in [0.05, 0.1) is 34.3 Å². The molecule has 0 spiro atoms. The number of fused-ring (bicyclic) bond motifs is 1. The number of halogens is 1. The second-order valence-electron chi connectivity index (χ2n) is 8.88. The highest BCUT2D eigenvalue weighted by Crippen LogP contribution is 2.45. The predicted octanol–water partition coefficient (Wildman–Crippen LogP) is 6.66. The minimum Gasteiger partial charge on any atom is -0.376 e. The summed E-state index contributed by atoms with van der Waals surface area (Å²) >= 11 is 6.63. The summed E-state index contributed by atoms with van der Waals surface area (Å²) in [4.78, 5) is 10.3. The lowest BCUT2D eigenvalue weighted by Crippen LogP contribution is -2.26. The lowest BCUT2D eigenvalue weighted by Gasteiger charge is -2.24. The van der Waals surface area contributed by atoms with Crippen molar-refractivity contribution in [3.8, 4) is 11.3 Å². The van der Waals surface area contributed by atoms with Crippen LogP contribution in [0.25, 0.3) is 11.3 Å². The standard InChI is InChI=1S/C27H30ClN3O/c1-4-22-25(20-13-10-16(3)14-21(20)28)30-24(17-11-12-17)27(29-22)31-26-19-9-7-6-8-18(19)15-23(26)32-5-2/h6-10,13-14,17,23,26H,4-5,11-12,15H2,1-3H3,(H,29,31)/t23-,26?/m0/s1. The molecule has 1 unspecified atom stereocenters. The summed E-state index contributed by atoms with van der Waals surface area (Å²) in [5.74, 6) is 1.36. The first-order valence-electron chi connectivity index (χ1n) is 11.7. The number of anilines is 1. The van der Waals surface area contributed by atoms with E-state index in [0.717, 1.165) is 64.7 Å². The topological polar surface area (TPSA) is 47.0 Å². The highest BCUT2D eigenvalue weighted by atomic mass is 35.5. The van der Waals surface area contributed by atoms with Crippen LogP contribution in [0.15, 0.2) is 42.5 Å². The molecule has 1 N–H and O–H groups in total. The zero-order valence-corrected chi connectivity index (χ0v) is 19.7. The third kappa shape index (κ3) is 4.02. The molecule has 166 valence electrons. The van der Waals surface area contributed by atoms with E-state index < -0.39 is 0 Å². The Hall–Kier alpha value is -2.43. The maximum absolute atomic E-state index is 6.63. The molecule has 32 heavy (non-hydrogen) atoms. The summed E-state index contributed by atoms with van der Waals surface area (Å²) < 4.78 is 6.13. The van der Waals surface area contributed by atoms with E-state index in [2.05, 4.69) is 62.5 Å². The number of rotatable bonds is 7. The first kappa shape index (κ1) is 21.4. The Morgan fingerprint density at radius 1 is 1.09 bits per heavy atom. The van der Waals surface area contributed by atoms with Crippen molar-refractivity contribution in [2.75, 3.05) is 11.9 Å². The van der Waals surface area contributed by atoms with Crippen molar-refractivity contribution in [1.29, 1.82) is 0 Å². The first-order chi connectivity index (χ1) is 15.6. The van der Waals surface area contributed by atoms with E-state index in [1.165, 1.54) is 11.1 Å². The van der Waals surface area contributed by atoms with Gasteiger partial charge in [-0.15, -0.1) is 0 Å². The SMILES string of the molecule is CCO[C@H]1Cc2ccccc2C1Nc1nc(CC)c(-c2ccc(C)cc2Cl)nc1C1CC1. The molecule has 2 aliphatic rings. The fourth-order valence-electron chi connectivity index (χ4n) is 4.75. The summed E-state index contributed by atoms with van der Waals surface area (Å²) in [6.45, 7) is 6.94. The van der Waals surface area contributed by atoms with Crippen LogP contribution in [0.1, 0.15) is 66.7 Å². The van der Waals surface area contributed by atoms with Crippen molar-refractivity contribution < 1.29 is 4.74 Å². The Kier molecular flexibility index (Phi) is 5.92. The van der Waals surface area contributed by atoms with Crippen molar-refractivity contribution in [2.24, 2.45) is 0 Å². The normalized spacial score (nSPS) is 19.8. The summed E-state index contributed by atoms with van der Waals surface area (Å²) in [5.41, 5.74) is 7.72. The Balaban J connectivity index is 1.57. The van der Waals surface area contributed by atoms with Gasteiger partial charge in [0, 0.05) is 24.5 Å².